The predicted molar refractivity (Wildman–Crippen MR) is 104 cm³/mol. The molecule has 2 aromatic carbocycles. The van der Waals surface area contributed by atoms with Crippen molar-refractivity contribution in [3.63, 3.8) is 0 Å². The molecule has 0 aliphatic carbocycles. The fourth-order valence-electron chi connectivity index (χ4n) is 2.35. The van der Waals surface area contributed by atoms with Crippen molar-refractivity contribution >= 4 is 33.4 Å². The van der Waals surface area contributed by atoms with Crippen molar-refractivity contribution < 1.29 is 9.53 Å². The third-order valence-electron chi connectivity index (χ3n) is 3.72. The molecule has 0 saturated heterocycles. The molecule has 0 aliphatic rings. The molecular formula is C19H17BrClN3O2. The second kappa shape index (κ2) is 8.38. The highest BCUT2D eigenvalue weighted by Crippen LogP contribution is 2.28. The van der Waals surface area contributed by atoms with Gasteiger partial charge in [-0.2, -0.15) is 5.10 Å². The fraction of sp³-hybridized carbons (Fsp3) is 0.158. The minimum atomic E-state index is -0.128. The largest absolute Gasteiger partial charge is 0.487 e. The Balaban J connectivity index is 1.54. The van der Waals surface area contributed by atoms with Crippen molar-refractivity contribution in [3.8, 4) is 5.75 Å². The Morgan fingerprint density at radius 1 is 1.23 bits per heavy atom. The van der Waals surface area contributed by atoms with Gasteiger partial charge in [-0.3, -0.25) is 9.48 Å². The zero-order valence-electron chi connectivity index (χ0n) is 14.1. The molecule has 1 aromatic heterocycles. The first kappa shape index (κ1) is 18.5. The number of hydrogen-bond acceptors (Lipinski definition) is 3. The summed E-state index contributed by atoms with van der Waals surface area (Å²) in [4.78, 5) is 12.2. The number of rotatable bonds is 6. The van der Waals surface area contributed by atoms with Gasteiger partial charge in [0.25, 0.3) is 5.91 Å². The van der Waals surface area contributed by atoms with Gasteiger partial charge in [0.2, 0.25) is 0 Å². The van der Waals surface area contributed by atoms with Crippen molar-refractivity contribution in [3.05, 3.63) is 81.0 Å². The first-order valence-corrected chi connectivity index (χ1v) is 9.11. The molecule has 134 valence electrons. The van der Waals surface area contributed by atoms with Gasteiger partial charge in [-0.25, -0.2) is 0 Å². The Morgan fingerprint density at radius 2 is 2.00 bits per heavy atom. The Morgan fingerprint density at radius 3 is 2.65 bits per heavy atom. The highest BCUT2D eigenvalue weighted by molar-refractivity contribution is 9.10. The van der Waals surface area contributed by atoms with Crippen LogP contribution in [0.5, 0.6) is 5.75 Å². The van der Waals surface area contributed by atoms with Crippen molar-refractivity contribution in [1.82, 2.24) is 15.1 Å². The van der Waals surface area contributed by atoms with Gasteiger partial charge in [0.1, 0.15) is 12.4 Å². The third kappa shape index (κ3) is 4.86. The summed E-state index contributed by atoms with van der Waals surface area (Å²) < 4.78 is 8.33. The van der Waals surface area contributed by atoms with Crippen LogP contribution >= 0.6 is 27.5 Å². The predicted octanol–water partition coefficient (Wildman–Crippen LogP) is 4.35. The van der Waals surface area contributed by atoms with Gasteiger partial charge in [-0.1, -0.05) is 39.7 Å². The van der Waals surface area contributed by atoms with Crippen LogP contribution in [-0.4, -0.2) is 15.7 Å². The van der Waals surface area contributed by atoms with Crippen LogP contribution in [0.3, 0.4) is 0 Å². The number of nitrogens with one attached hydrogen (secondary N) is 1. The standard InChI is InChI=1S/C19H17BrClN3O2/c1-24-11-14(10-23-24)9-22-19(25)15-4-2-13(3-5-15)12-26-18-7-6-16(20)8-17(18)21/h2-8,10-11H,9,12H2,1H3,(H,22,25). The summed E-state index contributed by atoms with van der Waals surface area (Å²) in [6.07, 6.45) is 3.60. The smallest absolute Gasteiger partial charge is 0.251 e. The Labute approximate surface area is 165 Å². The number of halogens is 2. The van der Waals surface area contributed by atoms with Gasteiger partial charge >= 0.3 is 0 Å². The van der Waals surface area contributed by atoms with Gasteiger partial charge in [-0.05, 0) is 35.9 Å². The third-order valence-corrected chi connectivity index (χ3v) is 4.50. The Hall–Kier alpha value is -2.31. The molecule has 0 fully saturated rings. The van der Waals surface area contributed by atoms with Crippen molar-refractivity contribution in [1.29, 1.82) is 0 Å². The van der Waals surface area contributed by atoms with Crippen LogP contribution in [-0.2, 0) is 20.2 Å². The first-order chi connectivity index (χ1) is 12.5. The minimum Gasteiger partial charge on any atom is -0.487 e. The van der Waals surface area contributed by atoms with Gasteiger partial charge in [0.05, 0.1) is 11.2 Å². The molecule has 0 unspecified atom stereocenters. The van der Waals surface area contributed by atoms with Crippen LogP contribution < -0.4 is 10.1 Å². The molecule has 3 aromatic rings. The molecule has 1 amide bonds. The maximum Gasteiger partial charge on any atom is 0.251 e. The summed E-state index contributed by atoms with van der Waals surface area (Å²) in [6.45, 7) is 0.818. The number of carbonyl (C=O) groups excluding carboxylic acids is 1. The average Bonchev–Trinajstić information content (AvgIpc) is 3.05. The minimum absolute atomic E-state index is 0.128. The van der Waals surface area contributed by atoms with Gasteiger partial charge in [0, 0.05) is 35.4 Å². The van der Waals surface area contributed by atoms with E-state index in [-0.39, 0.29) is 5.91 Å². The molecule has 3 rings (SSSR count). The normalized spacial score (nSPS) is 10.6. The maximum absolute atomic E-state index is 12.2. The van der Waals surface area contributed by atoms with E-state index in [1.807, 2.05) is 37.5 Å². The zero-order chi connectivity index (χ0) is 18.5. The van der Waals surface area contributed by atoms with E-state index in [2.05, 4.69) is 26.3 Å². The Bertz CT molecular complexity index is 909. The lowest BCUT2D eigenvalue weighted by atomic mass is 10.1. The highest BCUT2D eigenvalue weighted by atomic mass is 79.9. The van der Waals surface area contributed by atoms with E-state index in [0.717, 1.165) is 15.6 Å². The second-order valence-corrected chi connectivity index (χ2v) is 7.09. The van der Waals surface area contributed by atoms with E-state index in [1.165, 1.54) is 0 Å². The summed E-state index contributed by atoms with van der Waals surface area (Å²) in [6, 6.07) is 12.8. The van der Waals surface area contributed by atoms with E-state index < -0.39 is 0 Å². The molecule has 1 heterocycles. The number of carbonyl (C=O) groups is 1. The number of aryl methyl sites for hydroxylation is 1. The van der Waals surface area contributed by atoms with Gasteiger partial charge in [-0.15, -0.1) is 0 Å². The summed E-state index contributed by atoms with van der Waals surface area (Å²) in [5.41, 5.74) is 2.50. The molecule has 0 spiro atoms. The summed E-state index contributed by atoms with van der Waals surface area (Å²) in [7, 11) is 1.84. The molecule has 7 heteroatoms. The molecular weight excluding hydrogens is 418 g/mol. The van der Waals surface area contributed by atoms with E-state index in [9.17, 15) is 4.79 Å². The molecule has 0 aliphatic heterocycles. The average molecular weight is 435 g/mol. The van der Waals surface area contributed by atoms with Gasteiger partial charge < -0.3 is 10.1 Å². The Kier molecular flexibility index (Phi) is 5.96. The molecule has 0 radical (unpaired) electrons. The summed E-state index contributed by atoms with van der Waals surface area (Å²) in [5.74, 6) is 0.491. The van der Waals surface area contributed by atoms with Gasteiger partial charge in [0.15, 0.2) is 0 Å². The van der Waals surface area contributed by atoms with Crippen LogP contribution in [0.1, 0.15) is 21.5 Å². The van der Waals surface area contributed by atoms with E-state index in [4.69, 9.17) is 16.3 Å². The molecule has 0 atom stereocenters. The van der Waals surface area contributed by atoms with E-state index in [1.54, 1.807) is 29.1 Å². The number of ether oxygens (including phenoxy) is 1. The number of hydrogen-bond donors (Lipinski definition) is 1. The summed E-state index contributed by atoms with van der Waals surface area (Å²) in [5, 5.41) is 7.49. The number of benzene rings is 2. The van der Waals surface area contributed by atoms with Crippen LogP contribution in [0.4, 0.5) is 0 Å². The van der Waals surface area contributed by atoms with Crippen molar-refractivity contribution in [2.75, 3.05) is 0 Å². The van der Waals surface area contributed by atoms with Crippen molar-refractivity contribution in [2.24, 2.45) is 7.05 Å². The van der Waals surface area contributed by atoms with Crippen LogP contribution in [0.15, 0.2) is 59.3 Å². The fourth-order valence-corrected chi connectivity index (χ4v) is 3.08. The lowest BCUT2D eigenvalue weighted by molar-refractivity contribution is 0.0951. The second-order valence-electron chi connectivity index (χ2n) is 5.77. The lowest BCUT2D eigenvalue weighted by Gasteiger charge is -2.09. The van der Waals surface area contributed by atoms with Crippen molar-refractivity contribution in [2.45, 2.75) is 13.2 Å². The van der Waals surface area contributed by atoms with E-state index in [0.29, 0.717) is 29.5 Å². The molecule has 1 N–H and O–H groups in total. The zero-order valence-corrected chi connectivity index (χ0v) is 16.4. The van der Waals surface area contributed by atoms with Crippen LogP contribution in [0.2, 0.25) is 5.02 Å². The topological polar surface area (TPSA) is 56.2 Å². The summed E-state index contributed by atoms with van der Waals surface area (Å²) >= 11 is 9.50. The highest BCUT2D eigenvalue weighted by Gasteiger charge is 2.07. The molecule has 0 bridgehead atoms. The van der Waals surface area contributed by atoms with E-state index >= 15 is 0 Å². The lowest BCUT2D eigenvalue weighted by Crippen LogP contribution is -2.22. The molecule has 26 heavy (non-hydrogen) atoms. The first-order valence-electron chi connectivity index (χ1n) is 7.94. The quantitative estimate of drug-likeness (QED) is 0.628. The SMILES string of the molecule is Cn1cc(CNC(=O)c2ccc(COc3ccc(Br)cc3Cl)cc2)cn1. The number of nitrogens with zero attached hydrogens (tertiary/aromatic N) is 2. The molecule has 5 nitrogen and oxygen atoms in total. The maximum atomic E-state index is 12.2. The monoisotopic (exact) mass is 433 g/mol. The molecule has 0 saturated carbocycles. The number of amides is 1. The number of aromatic nitrogens is 2. The van der Waals surface area contributed by atoms with Crippen LogP contribution in [0, 0.1) is 0 Å². The van der Waals surface area contributed by atoms with Crippen LogP contribution in [0.25, 0.3) is 0 Å².